The van der Waals surface area contributed by atoms with Gasteiger partial charge in [0.1, 0.15) is 10.9 Å². The van der Waals surface area contributed by atoms with E-state index in [-0.39, 0.29) is 22.1 Å². The molecule has 0 spiro atoms. The molecule has 1 aromatic carbocycles. The number of aromatic hydroxyl groups is 1. The Kier molecular flexibility index (Phi) is 2.25. The molecular weight excluding hydrogens is 246 g/mol. The number of hydrogen-bond acceptors (Lipinski definition) is 4. The maximum Gasteiger partial charge on any atom is 0.294 e. The van der Waals surface area contributed by atoms with Crippen molar-refractivity contribution in [2.45, 2.75) is 6.92 Å². The van der Waals surface area contributed by atoms with Gasteiger partial charge in [-0.15, -0.1) is 0 Å². The Labute approximate surface area is 107 Å². The molecular formula is C14H11NO4. The maximum absolute atomic E-state index is 12.3. The number of Topliss-reactive ketones (excluding diaryl/α,β-unsaturated/α-hetero) is 1. The molecule has 96 valence electrons. The number of ketones is 1. The molecule has 0 saturated carbocycles. The molecule has 3 aromatic rings. The summed E-state index contributed by atoms with van der Waals surface area (Å²) in [7, 11) is 1.62. The van der Waals surface area contributed by atoms with Crippen molar-refractivity contribution in [1.29, 1.82) is 0 Å². The van der Waals surface area contributed by atoms with Gasteiger partial charge in [0.05, 0.1) is 5.52 Å². The lowest BCUT2D eigenvalue weighted by atomic mass is 10.1. The van der Waals surface area contributed by atoms with Crippen molar-refractivity contribution < 1.29 is 14.3 Å². The Morgan fingerprint density at radius 1 is 1.32 bits per heavy atom. The van der Waals surface area contributed by atoms with Crippen molar-refractivity contribution in [1.82, 2.24) is 4.57 Å². The van der Waals surface area contributed by atoms with Crippen LogP contribution in [0.2, 0.25) is 0 Å². The summed E-state index contributed by atoms with van der Waals surface area (Å²) in [6, 6.07) is 7.18. The number of carbonyl (C=O) groups is 1. The van der Waals surface area contributed by atoms with E-state index < -0.39 is 11.7 Å². The molecule has 0 aliphatic carbocycles. The van der Waals surface area contributed by atoms with Crippen LogP contribution in [0.3, 0.4) is 0 Å². The Balaban J connectivity index is 2.70. The average molecular weight is 257 g/mol. The monoisotopic (exact) mass is 257 g/mol. The van der Waals surface area contributed by atoms with Gasteiger partial charge in [0.25, 0.3) is 11.5 Å². The molecule has 0 atom stereocenters. The van der Waals surface area contributed by atoms with Gasteiger partial charge in [-0.2, -0.15) is 0 Å². The number of fused-ring (bicyclic) bond motifs is 3. The number of benzene rings is 1. The lowest BCUT2D eigenvalue weighted by molar-refractivity contribution is 0.101. The SMILES string of the molecule is CC(=O)c1c(O)oc2c1c(=O)n(C)c1ccccc21. The number of nitrogens with zero attached hydrogens (tertiary/aromatic N) is 1. The summed E-state index contributed by atoms with van der Waals surface area (Å²) in [4.78, 5) is 23.9. The third kappa shape index (κ3) is 1.41. The van der Waals surface area contributed by atoms with Crippen LogP contribution in [0.4, 0.5) is 0 Å². The molecule has 0 amide bonds. The van der Waals surface area contributed by atoms with Crippen molar-refractivity contribution in [2.24, 2.45) is 7.05 Å². The van der Waals surface area contributed by atoms with E-state index in [1.165, 1.54) is 11.5 Å². The Morgan fingerprint density at radius 2 is 2.00 bits per heavy atom. The smallest absolute Gasteiger partial charge is 0.294 e. The normalized spacial score (nSPS) is 11.3. The molecule has 0 bridgehead atoms. The molecule has 0 saturated heterocycles. The van der Waals surface area contributed by atoms with Gasteiger partial charge in [-0.05, 0) is 19.1 Å². The number of aromatic nitrogens is 1. The number of carbonyl (C=O) groups excluding carboxylic acids is 1. The van der Waals surface area contributed by atoms with Crippen LogP contribution in [-0.2, 0) is 7.05 Å². The largest absolute Gasteiger partial charge is 0.480 e. The zero-order valence-electron chi connectivity index (χ0n) is 10.4. The van der Waals surface area contributed by atoms with Gasteiger partial charge in [0.15, 0.2) is 11.4 Å². The first-order chi connectivity index (χ1) is 9.02. The number of aryl methyl sites for hydroxylation is 1. The lowest BCUT2D eigenvalue weighted by Gasteiger charge is -2.04. The van der Waals surface area contributed by atoms with Gasteiger partial charge in [-0.25, -0.2) is 0 Å². The number of rotatable bonds is 1. The molecule has 0 fully saturated rings. The molecule has 19 heavy (non-hydrogen) atoms. The third-order valence-electron chi connectivity index (χ3n) is 3.27. The van der Waals surface area contributed by atoms with E-state index in [2.05, 4.69) is 0 Å². The second-order valence-electron chi connectivity index (χ2n) is 4.42. The predicted molar refractivity (Wildman–Crippen MR) is 70.6 cm³/mol. The van der Waals surface area contributed by atoms with Gasteiger partial charge in [0.2, 0.25) is 0 Å². The zero-order valence-corrected chi connectivity index (χ0v) is 10.4. The minimum Gasteiger partial charge on any atom is -0.480 e. The molecule has 0 unspecified atom stereocenters. The van der Waals surface area contributed by atoms with Crippen LogP contribution in [0, 0.1) is 0 Å². The standard InChI is InChI=1S/C14H11NO4/c1-7(16)10-11-12(19-14(10)18)8-5-3-4-6-9(8)15(2)13(11)17/h3-6,18H,1-2H3. The van der Waals surface area contributed by atoms with E-state index in [9.17, 15) is 14.7 Å². The van der Waals surface area contributed by atoms with Crippen molar-refractivity contribution in [3.8, 4) is 5.95 Å². The summed E-state index contributed by atoms with van der Waals surface area (Å²) in [5.41, 5.74) is 0.523. The van der Waals surface area contributed by atoms with Crippen molar-refractivity contribution in [3.63, 3.8) is 0 Å². The summed E-state index contributed by atoms with van der Waals surface area (Å²) in [6.45, 7) is 1.29. The molecule has 2 aromatic heterocycles. The Hall–Kier alpha value is -2.56. The molecule has 0 aliphatic rings. The highest BCUT2D eigenvalue weighted by Gasteiger charge is 2.23. The van der Waals surface area contributed by atoms with Gasteiger partial charge >= 0.3 is 0 Å². The summed E-state index contributed by atoms with van der Waals surface area (Å²) in [6.07, 6.45) is 0. The summed E-state index contributed by atoms with van der Waals surface area (Å²) >= 11 is 0. The first-order valence-electron chi connectivity index (χ1n) is 5.76. The van der Waals surface area contributed by atoms with Crippen LogP contribution in [-0.4, -0.2) is 15.5 Å². The van der Waals surface area contributed by atoms with Crippen LogP contribution in [0.15, 0.2) is 33.5 Å². The summed E-state index contributed by atoms with van der Waals surface area (Å²) in [5, 5.41) is 10.6. The molecule has 0 radical (unpaired) electrons. The molecule has 2 heterocycles. The van der Waals surface area contributed by atoms with E-state index >= 15 is 0 Å². The quantitative estimate of drug-likeness (QED) is 0.678. The average Bonchev–Trinajstić information content (AvgIpc) is 2.74. The van der Waals surface area contributed by atoms with Crippen molar-refractivity contribution in [2.75, 3.05) is 0 Å². The first-order valence-corrected chi connectivity index (χ1v) is 5.76. The van der Waals surface area contributed by atoms with Gasteiger partial charge in [-0.3, -0.25) is 9.59 Å². The minimum atomic E-state index is -0.504. The highest BCUT2D eigenvalue weighted by atomic mass is 16.5. The summed E-state index contributed by atoms with van der Waals surface area (Å²) < 4.78 is 6.67. The Bertz CT molecular complexity index is 886. The first kappa shape index (κ1) is 11.5. The third-order valence-corrected chi connectivity index (χ3v) is 3.27. The molecule has 5 heteroatoms. The van der Waals surface area contributed by atoms with Crippen molar-refractivity contribution >= 4 is 27.7 Å². The van der Waals surface area contributed by atoms with Crippen molar-refractivity contribution in [3.05, 3.63) is 40.2 Å². The van der Waals surface area contributed by atoms with Crippen LogP contribution in [0.1, 0.15) is 17.3 Å². The second kappa shape index (κ2) is 3.71. The van der Waals surface area contributed by atoms with Gasteiger partial charge in [-0.1, -0.05) is 12.1 Å². The molecule has 0 aliphatic heterocycles. The molecule has 1 N–H and O–H groups in total. The second-order valence-corrected chi connectivity index (χ2v) is 4.42. The van der Waals surface area contributed by atoms with Crippen LogP contribution < -0.4 is 5.56 Å². The number of para-hydroxylation sites is 1. The zero-order chi connectivity index (χ0) is 13.7. The van der Waals surface area contributed by atoms with E-state index in [4.69, 9.17) is 4.42 Å². The van der Waals surface area contributed by atoms with Crippen LogP contribution in [0.25, 0.3) is 21.9 Å². The number of pyridine rings is 1. The number of hydrogen-bond donors (Lipinski definition) is 1. The van der Waals surface area contributed by atoms with E-state index in [1.807, 2.05) is 6.07 Å². The predicted octanol–water partition coefficient (Wildman–Crippen LogP) is 2.19. The number of furan rings is 1. The topological polar surface area (TPSA) is 72.4 Å². The minimum absolute atomic E-state index is 0.0543. The fraction of sp³-hybridized carbons (Fsp3) is 0.143. The van der Waals surface area contributed by atoms with E-state index in [1.54, 1.807) is 25.2 Å². The fourth-order valence-electron chi connectivity index (χ4n) is 2.37. The maximum atomic E-state index is 12.3. The highest BCUT2D eigenvalue weighted by Crippen LogP contribution is 2.33. The van der Waals surface area contributed by atoms with E-state index in [0.29, 0.717) is 10.9 Å². The highest BCUT2D eigenvalue weighted by molar-refractivity contribution is 6.13. The van der Waals surface area contributed by atoms with Crippen LogP contribution >= 0.6 is 0 Å². The van der Waals surface area contributed by atoms with E-state index in [0.717, 1.165) is 0 Å². The van der Waals surface area contributed by atoms with Gasteiger partial charge < -0.3 is 14.1 Å². The lowest BCUT2D eigenvalue weighted by Crippen LogP contribution is -2.18. The fourth-order valence-corrected chi connectivity index (χ4v) is 2.37. The molecule has 3 rings (SSSR count). The summed E-state index contributed by atoms with van der Waals surface area (Å²) in [5.74, 6) is -0.903. The van der Waals surface area contributed by atoms with Gasteiger partial charge in [0, 0.05) is 12.4 Å². The van der Waals surface area contributed by atoms with Crippen LogP contribution in [0.5, 0.6) is 5.95 Å². The Morgan fingerprint density at radius 3 is 2.68 bits per heavy atom. The molecule has 5 nitrogen and oxygen atoms in total.